The second-order valence-electron chi connectivity index (χ2n) is 6.83. The fraction of sp³-hybridized carbons (Fsp3) is 0.286. The lowest BCUT2D eigenvalue weighted by Crippen LogP contribution is -2.28. The lowest BCUT2D eigenvalue weighted by atomic mass is 10.0. The zero-order valence-electron chi connectivity index (χ0n) is 17.0. The van der Waals surface area contributed by atoms with Crippen molar-refractivity contribution >= 4 is 17.7 Å². The van der Waals surface area contributed by atoms with Gasteiger partial charge in [0, 0.05) is 5.56 Å². The number of nitrogens with two attached hydrogens (primary N) is 1. The minimum Gasteiger partial charge on any atom is -0.497 e. The molecule has 0 saturated heterocycles. The van der Waals surface area contributed by atoms with Gasteiger partial charge in [0.2, 0.25) is 11.1 Å². The third-order valence-corrected chi connectivity index (χ3v) is 5.70. The Morgan fingerprint density at radius 1 is 1.17 bits per heavy atom. The Morgan fingerprint density at radius 3 is 2.55 bits per heavy atom. The number of carbonyl (C=O) groups excluding carboxylic acids is 1. The number of ether oxygens (including phenoxy) is 1. The van der Waals surface area contributed by atoms with E-state index in [0.717, 1.165) is 16.9 Å². The van der Waals surface area contributed by atoms with Crippen molar-refractivity contribution in [2.75, 3.05) is 18.7 Å². The Hall–Kier alpha value is -3.00. The molecule has 3 N–H and O–H groups in total. The number of hydrogen-bond donors (Lipinski definition) is 2. The van der Waals surface area contributed by atoms with Gasteiger partial charge in [-0.25, -0.2) is 4.68 Å². The van der Waals surface area contributed by atoms with Gasteiger partial charge in [0.25, 0.3) is 0 Å². The standard InChI is InChI=1S/C21H25N5O2S/c1-13-5-6-17(11-14(13)2)15(3)23-19(27)12-29-21-25-24-20(26(21)22)16-7-9-18(28-4)10-8-16/h5-11,15H,12,22H2,1-4H3,(H,23,27)/t15-/m0/s1. The molecule has 0 aliphatic carbocycles. The number of carbonyl (C=O) groups is 1. The predicted molar refractivity (Wildman–Crippen MR) is 115 cm³/mol. The summed E-state index contributed by atoms with van der Waals surface area (Å²) in [5, 5.41) is 11.7. The fourth-order valence-electron chi connectivity index (χ4n) is 2.84. The van der Waals surface area contributed by atoms with Crippen LogP contribution < -0.4 is 15.9 Å². The first-order valence-corrected chi connectivity index (χ1v) is 10.2. The van der Waals surface area contributed by atoms with Crippen molar-refractivity contribution in [2.24, 2.45) is 0 Å². The molecule has 0 unspecified atom stereocenters. The van der Waals surface area contributed by atoms with Crippen molar-refractivity contribution < 1.29 is 9.53 Å². The minimum absolute atomic E-state index is 0.0759. The molecular weight excluding hydrogens is 386 g/mol. The molecule has 29 heavy (non-hydrogen) atoms. The molecule has 3 rings (SSSR count). The molecule has 7 nitrogen and oxygen atoms in total. The second-order valence-corrected chi connectivity index (χ2v) is 7.77. The average molecular weight is 412 g/mol. The number of thioether (sulfide) groups is 1. The SMILES string of the molecule is COc1ccc(-c2nnc(SCC(=O)N[C@@H](C)c3ccc(C)c(C)c3)n2N)cc1. The Kier molecular flexibility index (Phi) is 6.43. The number of aromatic nitrogens is 3. The number of methoxy groups -OCH3 is 1. The molecule has 0 radical (unpaired) electrons. The topological polar surface area (TPSA) is 95.1 Å². The van der Waals surface area contributed by atoms with Crippen LogP contribution in [0.15, 0.2) is 47.6 Å². The van der Waals surface area contributed by atoms with Crippen LogP contribution in [0.3, 0.4) is 0 Å². The third-order valence-electron chi connectivity index (χ3n) is 4.75. The molecule has 1 atom stereocenters. The highest BCUT2D eigenvalue weighted by atomic mass is 32.2. The van der Waals surface area contributed by atoms with Gasteiger partial charge in [0.15, 0.2) is 5.82 Å². The molecule has 0 saturated carbocycles. The van der Waals surface area contributed by atoms with E-state index in [2.05, 4.69) is 41.5 Å². The van der Waals surface area contributed by atoms with E-state index in [0.29, 0.717) is 11.0 Å². The lowest BCUT2D eigenvalue weighted by Gasteiger charge is -2.15. The number of hydrogen-bond acceptors (Lipinski definition) is 6. The first-order chi connectivity index (χ1) is 13.9. The average Bonchev–Trinajstić information content (AvgIpc) is 3.09. The van der Waals surface area contributed by atoms with Crippen LogP contribution in [0.2, 0.25) is 0 Å². The van der Waals surface area contributed by atoms with Crippen molar-refractivity contribution in [2.45, 2.75) is 32.0 Å². The first kappa shape index (κ1) is 20.7. The van der Waals surface area contributed by atoms with Crippen molar-refractivity contribution in [3.63, 3.8) is 0 Å². The molecule has 1 aromatic heterocycles. The number of nitrogen functional groups attached to an aromatic ring is 1. The van der Waals surface area contributed by atoms with E-state index in [4.69, 9.17) is 10.6 Å². The van der Waals surface area contributed by atoms with Crippen LogP contribution in [-0.2, 0) is 4.79 Å². The number of rotatable bonds is 7. The summed E-state index contributed by atoms with van der Waals surface area (Å²) < 4.78 is 6.55. The maximum atomic E-state index is 12.4. The quantitative estimate of drug-likeness (QED) is 0.458. The predicted octanol–water partition coefficient (Wildman–Crippen LogP) is 3.25. The monoisotopic (exact) mass is 411 g/mol. The number of amides is 1. The summed E-state index contributed by atoms with van der Waals surface area (Å²) in [5.74, 6) is 7.51. The smallest absolute Gasteiger partial charge is 0.230 e. The van der Waals surface area contributed by atoms with E-state index in [1.807, 2.05) is 37.3 Å². The van der Waals surface area contributed by atoms with Gasteiger partial charge in [-0.3, -0.25) is 4.79 Å². The van der Waals surface area contributed by atoms with Gasteiger partial charge in [-0.05, 0) is 61.7 Å². The van der Waals surface area contributed by atoms with Gasteiger partial charge in [-0.15, -0.1) is 10.2 Å². The second kappa shape index (κ2) is 9.00. The summed E-state index contributed by atoms with van der Waals surface area (Å²) >= 11 is 1.25. The number of aryl methyl sites for hydroxylation is 2. The first-order valence-electron chi connectivity index (χ1n) is 9.23. The van der Waals surface area contributed by atoms with Crippen molar-refractivity contribution in [1.29, 1.82) is 0 Å². The van der Waals surface area contributed by atoms with Crippen LogP contribution in [0.4, 0.5) is 0 Å². The summed E-state index contributed by atoms with van der Waals surface area (Å²) in [6, 6.07) is 13.5. The molecular formula is C21H25N5O2S. The van der Waals surface area contributed by atoms with Gasteiger partial charge in [-0.1, -0.05) is 30.0 Å². The fourth-order valence-corrected chi connectivity index (χ4v) is 3.51. The van der Waals surface area contributed by atoms with Gasteiger partial charge in [-0.2, -0.15) is 0 Å². The van der Waals surface area contributed by atoms with Crippen LogP contribution in [0, 0.1) is 13.8 Å². The van der Waals surface area contributed by atoms with E-state index < -0.39 is 0 Å². The van der Waals surface area contributed by atoms with Crippen molar-refractivity contribution in [1.82, 2.24) is 20.2 Å². The molecule has 152 valence electrons. The van der Waals surface area contributed by atoms with Gasteiger partial charge < -0.3 is 15.9 Å². The Labute approximate surface area is 174 Å². The van der Waals surface area contributed by atoms with E-state index in [9.17, 15) is 4.79 Å². The summed E-state index contributed by atoms with van der Waals surface area (Å²) in [6.45, 7) is 6.11. The molecule has 0 spiro atoms. The van der Waals surface area contributed by atoms with E-state index in [-0.39, 0.29) is 17.7 Å². The number of nitrogens with one attached hydrogen (secondary N) is 1. The summed E-state index contributed by atoms with van der Waals surface area (Å²) in [6.07, 6.45) is 0. The maximum Gasteiger partial charge on any atom is 0.230 e. The Morgan fingerprint density at radius 2 is 1.90 bits per heavy atom. The number of benzene rings is 2. The molecule has 1 heterocycles. The van der Waals surface area contributed by atoms with Crippen LogP contribution in [0.1, 0.15) is 29.7 Å². The normalized spacial score (nSPS) is 11.9. The summed E-state index contributed by atoms with van der Waals surface area (Å²) in [7, 11) is 1.61. The van der Waals surface area contributed by atoms with Gasteiger partial charge in [0.05, 0.1) is 18.9 Å². The van der Waals surface area contributed by atoms with E-state index in [1.165, 1.54) is 27.6 Å². The molecule has 0 fully saturated rings. The highest BCUT2D eigenvalue weighted by Crippen LogP contribution is 2.24. The van der Waals surface area contributed by atoms with E-state index in [1.54, 1.807) is 7.11 Å². The van der Waals surface area contributed by atoms with Gasteiger partial charge in [0.1, 0.15) is 5.75 Å². The van der Waals surface area contributed by atoms with Crippen molar-refractivity contribution in [3.05, 3.63) is 59.2 Å². The van der Waals surface area contributed by atoms with Crippen LogP contribution in [-0.4, -0.2) is 33.6 Å². The Bertz CT molecular complexity index is 1000. The highest BCUT2D eigenvalue weighted by Gasteiger charge is 2.15. The molecule has 2 aromatic carbocycles. The summed E-state index contributed by atoms with van der Waals surface area (Å²) in [5.41, 5.74) is 4.34. The highest BCUT2D eigenvalue weighted by molar-refractivity contribution is 7.99. The van der Waals surface area contributed by atoms with Crippen LogP contribution in [0.5, 0.6) is 5.75 Å². The lowest BCUT2D eigenvalue weighted by molar-refractivity contribution is -0.119. The number of nitrogens with zero attached hydrogens (tertiary/aromatic N) is 3. The van der Waals surface area contributed by atoms with E-state index >= 15 is 0 Å². The summed E-state index contributed by atoms with van der Waals surface area (Å²) in [4.78, 5) is 12.4. The maximum absolute atomic E-state index is 12.4. The van der Waals surface area contributed by atoms with Crippen LogP contribution >= 0.6 is 11.8 Å². The zero-order chi connectivity index (χ0) is 21.0. The molecule has 0 aliphatic heterocycles. The molecule has 0 aliphatic rings. The Balaban J connectivity index is 1.60. The van der Waals surface area contributed by atoms with Crippen molar-refractivity contribution in [3.8, 4) is 17.1 Å². The molecule has 1 amide bonds. The molecule has 0 bridgehead atoms. The third kappa shape index (κ3) is 4.89. The molecule has 8 heteroatoms. The minimum atomic E-state index is -0.0882. The van der Waals surface area contributed by atoms with Gasteiger partial charge >= 0.3 is 0 Å². The largest absolute Gasteiger partial charge is 0.497 e. The molecule has 3 aromatic rings. The van der Waals surface area contributed by atoms with Crippen LogP contribution in [0.25, 0.3) is 11.4 Å². The zero-order valence-corrected chi connectivity index (χ0v) is 17.8.